The first-order valence-corrected chi connectivity index (χ1v) is 11.4. The number of hydrogen-bond acceptors (Lipinski definition) is 6. The molecule has 1 N–H and O–H groups in total. The van der Waals surface area contributed by atoms with Gasteiger partial charge in [0, 0.05) is 32.2 Å². The number of hydrogen-bond donors (Lipinski definition) is 1. The molecule has 2 atom stereocenters. The van der Waals surface area contributed by atoms with Crippen molar-refractivity contribution in [2.45, 2.75) is 40.3 Å². The normalized spacial score (nSPS) is 18.5. The van der Waals surface area contributed by atoms with Gasteiger partial charge >= 0.3 is 0 Å². The molecule has 0 aliphatic carbocycles. The number of carbonyl (C=O) groups excluding carboxylic acids is 1. The van der Waals surface area contributed by atoms with E-state index in [2.05, 4.69) is 36.2 Å². The summed E-state index contributed by atoms with van der Waals surface area (Å²) in [6, 6.07) is 10.7. The van der Waals surface area contributed by atoms with Crippen LogP contribution in [0.3, 0.4) is 0 Å². The molecule has 1 heterocycles. The minimum absolute atomic E-state index is 0.0609. The number of carbonyl (C=O) groups is 1. The molecule has 33 heavy (non-hydrogen) atoms. The molecule has 1 aliphatic heterocycles. The van der Waals surface area contributed by atoms with Crippen LogP contribution in [0.5, 0.6) is 11.5 Å². The number of ether oxygens (including phenoxy) is 2. The first kappa shape index (κ1) is 24.5. The lowest BCUT2D eigenvalue weighted by Crippen LogP contribution is -2.38. The summed E-state index contributed by atoms with van der Waals surface area (Å²) in [5, 5.41) is 14.3. The number of nitrogens with one attached hydrogen (secondary N) is 1. The van der Waals surface area contributed by atoms with E-state index in [1.165, 1.54) is 31.2 Å². The van der Waals surface area contributed by atoms with E-state index in [9.17, 15) is 14.9 Å². The number of likely N-dealkylation sites (tertiary alicyclic amines) is 1. The number of amides is 1. The summed E-state index contributed by atoms with van der Waals surface area (Å²) in [6.07, 6.45) is 1.29. The van der Waals surface area contributed by atoms with Crippen molar-refractivity contribution in [3.8, 4) is 11.5 Å². The van der Waals surface area contributed by atoms with Crippen molar-refractivity contribution in [1.29, 1.82) is 0 Å². The van der Waals surface area contributed by atoms with Gasteiger partial charge in [-0.15, -0.1) is 0 Å². The Balaban J connectivity index is 1.65. The summed E-state index contributed by atoms with van der Waals surface area (Å²) in [5.74, 6) is 1.40. The van der Waals surface area contributed by atoms with Crippen LogP contribution in [0.25, 0.3) is 0 Å². The van der Waals surface area contributed by atoms with Crippen molar-refractivity contribution in [1.82, 2.24) is 10.2 Å². The molecular weight excluding hydrogens is 422 g/mol. The second-order valence-corrected chi connectivity index (χ2v) is 8.85. The van der Waals surface area contributed by atoms with Gasteiger partial charge in [0.1, 0.15) is 5.56 Å². The highest BCUT2D eigenvalue weighted by atomic mass is 16.6. The van der Waals surface area contributed by atoms with E-state index in [4.69, 9.17) is 9.47 Å². The van der Waals surface area contributed by atoms with Crippen LogP contribution in [0, 0.1) is 22.0 Å². The summed E-state index contributed by atoms with van der Waals surface area (Å²) in [6.45, 7) is 10.2. The topological polar surface area (TPSA) is 93.9 Å². The fraction of sp³-hybridized carbons (Fsp3) is 0.480. The molecule has 178 valence electrons. The van der Waals surface area contributed by atoms with Crippen LogP contribution in [0.4, 0.5) is 5.69 Å². The first-order chi connectivity index (χ1) is 15.8. The lowest BCUT2D eigenvalue weighted by atomic mass is 9.91. The lowest BCUT2D eigenvalue weighted by Gasteiger charge is -2.35. The van der Waals surface area contributed by atoms with E-state index in [-0.39, 0.29) is 23.5 Å². The van der Waals surface area contributed by atoms with Crippen molar-refractivity contribution < 1.29 is 19.2 Å². The van der Waals surface area contributed by atoms with Crippen LogP contribution >= 0.6 is 0 Å². The van der Waals surface area contributed by atoms with E-state index in [1.54, 1.807) is 6.92 Å². The van der Waals surface area contributed by atoms with E-state index in [0.717, 1.165) is 25.2 Å². The van der Waals surface area contributed by atoms with Gasteiger partial charge in [0.2, 0.25) is 0 Å². The SMILES string of the molecule is CCOc1cc(C(=O)NCc2ccc(CN3CC(C)CC(C)C3)cc2)c([N+](=O)[O-])cc1OC. The van der Waals surface area contributed by atoms with Gasteiger partial charge in [-0.1, -0.05) is 38.1 Å². The van der Waals surface area contributed by atoms with Crippen LogP contribution in [0.15, 0.2) is 36.4 Å². The predicted molar refractivity (Wildman–Crippen MR) is 127 cm³/mol. The highest BCUT2D eigenvalue weighted by Crippen LogP contribution is 2.34. The second kappa shape index (κ2) is 11.1. The third-order valence-corrected chi connectivity index (χ3v) is 5.85. The zero-order chi connectivity index (χ0) is 24.0. The Bertz CT molecular complexity index is 967. The quantitative estimate of drug-likeness (QED) is 0.445. The van der Waals surface area contributed by atoms with E-state index in [1.807, 2.05) is 12.1 Å². The minimum Gasteiger partial charge on any atom is -0.493 e. The van der Waals surface area contributed by atoms with Crippen molar-refractivity contribution in [2.75, 3.05) is 26.8 Å². The average molecular weight is 456 g/mol. The van der Waals surface area contributed by atoms with Crippen molar-refractivity contribution >= 4 is 11.6 Å². The molecule has 8 nitrogen and oxygen atoms in total. The summed E-state index contributed by atoms with van der Waals surface area (Å²) < 4.78 is 10.6. The Morgan fingerprint density at radius 3 is 2.33 bits per heavy atom. The molecule has 2 unspecified atom stereocenters. The van der Waals surface area contributed by atoms with Crippen LogP contribution in [0.2, 0.25) is 0 Å². The average Bonchev–Trinajstić information content (AvgIpc) is 2.77. The Morgan fingerprint density at radius 2 is 1.76 bits per heavy atom. The smallest absolute Gasteiger partial charge is 0.286 e. The highest BCUT2D eigenvalue weighted by molar-refractivity contribution is 5.99. The molecule has 1 aliphatic rings. The number of benzene rings is 2. The largest absolute Gasteiger partial charge is 0.493 e. The standard InChI is InChI=1S/C25H33N3O5/c1-5-33-24-11-21(22(28(30)31)12-23(24)32-4)25(29)26-13-19-6-8-20(9-7-19)16-27-14-17(2)10-18(3)15-27/h6-9,11-12,17-18H,5,10,13-16H2,1-4H3,(H,26,29). The fourth-order valence-corrected chi connectivity index (χ4v) is 4.53. The molecule has 0 saturated carbocycles. The van der Waals surface area contributed by atoms with E-state index >= 15 is 0 Å². The maximum absolute atomic E-state index is 12.8. The zero-order valence-corrected chi connectivity index (χ0v) is 19.8. The monoisotopic (exact) mass is 455 g/mol. The van der Waals surface area contributed by atoms with Crippen LogP contribution in [-0.4, -0.2) is 42.5 Å². The molecule has 1 fully saturated rings. The molecule has 2 aromatic rings. The molecule has 0 bridgehead atoms. The molecular formula is C25H33N3O5. The number of nitro benzene ring substituents is 1. The van der Waals surface area contributed by atoms with E-state index in [0.29, 0.717) is 24.2 Å². The Labute approximate surface area is 195 Å². The Kier molecular flexibility index (Phi) is 8.27. The van der Waals surface area contributed by atoms with Crippen LogP contribution < -0.4 is 14.8 Å². The molecule has 0 radical (unpaired) electrons. The fourth-order valence-electron chi connectivity index (χ4n) is 4.53. The number of piperidine rings is 1. The van der Waals surface area contributed by atoms with Gasteiger partial charge in [0.15, 0.2) is 11.5 Å². The number of rotatable bonds is 9. The summed E-state index contributed by atoms with van der Waals surface area (Å²) in [7, 11) is 1.40. The van der Waals surface area contributed by atoms with Crippen LogP contribution in [0.1, 0.15) is 48.7 Å². The van der Waals surface area contributed by atoms with Crippen molar-refractivity contribution in [3.63, 3.8) is 0 Å². The molecule has 0 spiro atoms. The van der Waals surface area contributed by atoms with Crippen molar-refractivity contribution in [3.05, 3.63) is 63.2 Å². The van der Waals surface area contributed by atoms with Gasteiger partial charge < -0.3 is 14.8 Å². The van der Waals surface area contributed by atoms with Gasteiger partial charge in [0.05, 0.1) is 24.7 Å². The summed E-state index contributed by atoms with van der Waals surface area (Å²) in [5.41, 5.74) is 1.77. The van der Waals surface area contributed by atoms with Gasteiger partial charge in [-0.05, 0) is 36.3 Å². The first-order valence-electron chi connectivity index (χ1n) is 11.4. The van der Waals surface area contributed by atoms with E-state index < -0.39 is 10.8 Å². The van der Waals surface area contributed by atoms with Crippen molar-refractivity contribution in [2.24, 2.45) is 11.8 Å². The Morgan fingerprint density at radius 1 is 1.12 bits per heavy atom. The molecule has 3 rings (SSSR count). The number of methoxy groups -OCH3 is 1. The molecule has 1 amide bonds. The maximum Gasteiger partial charge on any atom is 0.286 e. The Hall–Kier alpha value is -3.13. The maximum atomic E-state index is 12.8. The van der Waals surface area contributed by atoms with Gasteiger partial charge in [0.25, 0.3) is 11.6 Å². The van der Waals surface area contributed by atoms with Crippen LogP contribution in [-0.2, 0) is 13.1 Å². The van der Waals surface area contributed by atoms with Gasteiger partial charge in [-0.2, -0.15) is 0 Å². The molecule has 1 saturated heterocycles. The summed E-state index contributed by atoms with van der Waals surface area (Å²) >= 11 is 0. The minimum atomic E-state index is -0.593. The van der Waals surface area contributed by atoms with Gasteiger partial charge in [-0.25, -0.2) is 0 Å². The molecule has 8 heteroatoms. The number of nitro groups is 1. The third-order valence-electron chi connectivity index (χ3n) is 5.85. The molecule has 2 aromatic carbocycles. The third kappa shape index (κ3) is 6.44. The summed E-state index contributed by atoms with van der Waals surface area (Å²) in [4.78, 5) is 26.2. The predicted octanol–water partition coefficient (Wildman–Crippen LogP) is 4.41. The number of nitrogens with zero attached hydrogens (tertiary/aromatic N) is 2. The molecule has 0 aromatic heterocycles. The zero-order valence-electron chi connectivity index (χ0n) is 19.8. The highest BCUT2D eigenvalue weighted by Gasteiger charge is 2.25. The lowest BCUT2D eigenvalue weighted by molar-refractivity contribution is -0.385. The second-order valence-electron chi connectivity index (χ2n) is 8.85. The van der Waals surface area contributed by atoms with Gasteiger partial charge in [-0.3, -0.25) is 19.8 Å².